The molecule has 1 fully saturated rings. The average Bonchev–Trinajstić information content (AvgIpc) is 3.23. The monoisotopic (exact) mass is 430 g/mol. The number of aliphatic imine (C=N–C) groups is 1. The average molecular weight is 431 g/mol. The van der Waals surface area contributed by atoms with Crippen molar-refractivity contribution in [1.82, 2.24) is 15.6 Å². The van der Waals surface area contributed by atoms with Gasteiger partial charge in [0.15, 0.2) is 15.8 Å². The number of benzene rings is 1. The first-order valence-corrected chi connectivity index (χ1v) is 12.2. The summed E-state index contributed by atoms with van der Waals surface area (Å²) in [5.74, 6) is 1.39. The van der Waals surface area contributed by atoms with E-state index in [4.69, 9.17) is 4.74 Å². The number of sulfone groups is 1. The van der Waals surface area contributed by atoms with Crippen LogP contribution in [-0.2, 0) is 22.8 Å². The van der Waals surface area contributed by atoms with Crippen molar-refractivity contribution >= 4 is 15.8 Å². The topological polar surface area (TPSA) is 92.7 Å². The summed E-state index contributed by atoms with van der Waals surface area (Å²) in [6.45, 7) is 1.30. The van der Waals surface area contributed by atoms with E-state index in [0.717, 1.165) is 30.4 Å². The molecular weight excluding hydrogens is 400 g/mol. The van der Waals surface area contributed by atoms with Crippen molar-refractivity contribution < 1.29 is 13.2 Å². The minimum absolute atomic E-state index is 0.293. The van der Waals surface area contributed by atoms with E-state index in [1.807, 2.05) is 24.3 Å². The summed E-state index contributed by atoms with van der Waals surface area (Å²) in [5, 5.41) is 6.58. The number of guanidine groups is 1. The fourth-order valence-corrected chi connectivity index (χ4v) is 4.07. The van der Waals surface area contributed by atoms with E-state index in [-0.39, 0.29) is 0 Å². The van der Waals surface area contributed by atoms with Crippen LogP contribution in [0.5, 0.6) is 5.88 Å². The van der Waals surface area contributed by atoms with Crippen LogP contribution in [0.1, 0.15) is 36.8 Å². The molecule has 1 aromatic heterocycles. The van der Waals surface area contributed by atoms with Gasteiger partial charge in [-0.1, -0.05) is 12.1 Å². The van der Waals surface area contributed by atoms with Gasteiger partial charge in [0.2, 0.25) is 5.88 Å². The fourth-order valence-electron chi connectivity index (χ4n) is 3.44. The van der Waals surface area contributed by atoms with Crippen molar-refractivity contribution in [3.8, 4) is 5.88 Å². The molecule has 8 heteroatoms. The molecule has 2 aromatic rings. The largest absolute Gasteiger partial charge is 0.474 e. The molecule has 162 valence electrons. The Kier molecular flexibility index (Phi) is 7.68. The van der Waals surface area contributed by atoms with Crippen LogP contribution in [-0.4, -0.2) is 45.3 Å². The number of ether oxygens (including phenoxy) is 1. The highest BCUT2D eigenvalue weighted by Crippen LogP contribution is 2.23. The van der Waals surface area contributed by atoms with Gasteiger partial charge in [0.05, 0.1) is 4.90 Å². The van der Waals surface area contributed by atoms with Crippen molar-refractivity contribution in [2.75, 3.05) is 19.8 Å². The Morgan fingerprint density at radius 3 is 2.53 bits per heavy atom. The van der Waals surface area contributed by atoms with E-state index < -0.39 is 9.84 Å². The zero-order chi connectivity index (χ0) is 21.4. The van der Waals surface area contributed by atoms with E-state index in [2.05, 4.69) is 20.6 Å². The van der Waals surface area contributed by atoms with Gasteiger partial charge in [-0.2, -0.15) is 0 Å². The number of aromatic nitrogens is 1. The second kappa shape index (κ2) is 10.4. The Bertz CT molecular complexity index is 953. The Labute approximate surface area is 178 Å². The van der Waals surface area contributed by atoms with Gasteiger partial charge in [-0.05, 0) is 61.4 Å². The third-order valence-electron chi connectivity index (χ3n) is 5.13. The molecule has 0 bridgehead atoms. The van der Waals surface area contributed by atoms with Crippen molar-refractivity contribution in [3.05, 3.63) is 53.7 Å². The lowest BCUT2D eigenvalue weighted by molar-refractivity contribution is 0.201. The number of nitrogens with zero attached hydrogens (tertiary/aromatic N) is 2. The third-order valence-corrected chi connectivity index (χ3v) is 6.26. The molecule has 0 atom stereocenters. The highest BCUT2D eigenvalue weighted by Gasteiger charge is 2.17. The van der Waals surface area contributed by atoms with E-state index >= 15 is 0 Å². The van der Waals surface area contributed by atoms with Crippen LogP contribution in [0.2, 0.25) is 0 Å². The van der Waals surface area contributed by atoms with Crippen molar-refractivity contribution in [2.45, 2.75) is 49.6 Å². The van der Waals surface area contributed by atoms with Gasteiger partial charge in [-0.25, -0.2) is 13.4 Å². The predicted octanol–water partition coefficient (Wildman–Crippen LogP) is 2.71. The first-order valence-electron chi connectivity index (χ1n) is 10.3. The van der Waals surface area contributed by atoms with Crippen LogP contribution in [0.15, 0.2) is 52.5 Å². The highest BCUT2D eigenvalue weighted by molar-refractivity contribution is 7.90. The van der Waals surface area contributed by atoms with Crippen molar-refractivity contribution in [2.24, 2.45) is 4.99 Å². The first kappa shape index (κ1) is 22.1. The quantitative estimate of drug-likeness (QED) is 0.494. The molecular formula is C22H30N4O3S. The highest BCUT2D eigenvalue weighted by atomic mass is 32.2. The minimum Gasteiger partial charge on any atom is -0.474 e. The van der Waals surface area contributed by atoms with Gasteiger partial charge < -0.3 is 15.4 Å². The molecule has 0 radical (unpaired) electrons. The predicted molar refractivity (Wildman–Crippen MR) is 119 cm³/mol. The summed E-state index contributed by atoms with van der Waals surface area (Å²) < 4.78 is 29.0. The summed E-state index contributed by atoms with van der Waals surface area (Å²) in [4.78, 5) is 8.91. The van der Waals surface area contributed by atoms with E-state index in [1.165, 1.54) is 19.1 Å². The van der Waals surface area contributed by atoms with E-state index in [1.54, 1.807) is 25.4 Å². The van der Waals surface area contributed by atoms with Gasteiger partial charge in [0.1, 0.15) is 6.10 Å². The lowest BCUT2D eigenvalue weighted by Crippen LogP contribution is -2.37. The Balaban J connectivity index is 1.44. The molecule has 1 aromatic carbocycles. The molecule has 0 saturated heterocycles. The fraction of sp³-hybridized carbons (Fsp3) is 0.455. The molecule has 3 rings (SSSR count). The maximum atomic E-state index is 11.5. The summed E-state index contributed by atoms with van der Waals surface area (Å²) in [5.41, 5.74) is 2.14. The number of pyridine rings is 1. The summed E-state index contributed by atoms with van der Waals surface area (Å²) in [6, 6.07) is 10.9. The van der Waals surface area contributed by atoms with Crippen molar-refractivity contribution in [1.29, 1.82) is 0 Å². The smallest absolute Gasteiger partial charge is 0.213 e. The zero-order valence-electron chi connectivity index (χ0n) is 17.6. The van der Waals surface area contributed by atoms with Crippen molar-refractivity contribution in [3.63, 3.8) is 0 Å². The summed E-state index contributed by atoms with van der Waals surface area (Å²) >= 11 is 0. The van der Waals surface area contributed by atoms with Gasteiger partial charge in [0.25, 0.3) is 0 Å². The minimum atomic E-state index is -3.16. The van der Waals surface area contributed by atoms with Crippen LogP contribution in [0.25, 0.3) is 0 Å². The summed E-state index contributed by atoms with van der Waals surface area (Å²) in [7, 11) is -1.43. The summed E-state index contributed by atoms with van der Waals surface area (Å²) in [6.07, 6.45) is 8.73. The molecule has 1 saturated carbocycles. The van der Waals surface area contributed by atoms with E-state index in [9.17, 15) is 8.42 Å². The van der Waals surface area contributed by atoms with Crippen LogP contribution in [0, 0.1) is 0 Å². The van der Waals surface area contributed by atoms with E-state index in [0.29, 0.717) is 35.9 Å². The number of nitrogens with one attached hydrogen (secondary N) is 2. The number of rotatable bonds is 8. The molecule has 1 aliphatic rings. The number of hydrogen-bond donors (Lipinski definition) is 2. The zero-order valence-corrected chi connectivity index (χ0v) is 18.4. The molecule has 1 heterocycles. The number of hydrogen-bond acceptors (Lipinski definition) is 5. The Morgan fingerprint density at radius 2 is 1.87 bits per heavy atom. The molecule has 0 amide bonds. The second-order valence-corrected chi connectivity index (χ2v) is 9.56. The SMILES string of the molecule is CN=C(NCCc1ccc(S(C)(=O)=O)cc1)NCc1ccnc(OC2CCCC2)c1. The maximum Gasteiger partial charge on any atom is 0.213 e. The van der Waals surface area contributed by atoms with Crippen LogP contribution in [0.4, 0.5) is 0 Å². The second-order valence-electron chi connectivity index (χ2n) is 7.55. The maximum absolute atomic E-state index is 11.5. The van der Waals surface area contributed by atoms with Gasteiger partial charge in [-0.3, -0.25) is 4.99 Å². The molecule has 30 heavy (non-hydrogen) atoms. The van der Waals surface area contributed by atoms with Gasteiger partial charge in [-0.15, -0.1) is 0 Å². The molecule has 2 N–H and O–H groups in total. The molecule has 1 aliphatic carbocycles. The lowest BCUT2D eigenvalue weighted by Gasteiger charge is -2.14. The van der Waals surface area contributed by atoms with Gasteiger partial charge >= 0.3 is 0 Å². The Hall–Kier alpha value is -2.61. The standard InChI is InChI=1S/C22H30N4O3S/c1-23-22(25-14-11-17-7-9-20(10-8-17)30(2,27)28)26-16-18-12-13-24-21(15-18)29-19-5-3-4-6-19/h7-10,12-13,15,19H,3-6,11,14,16H2,1-2H3,(H2,23,25,26). The molecule has 0 spiro atoms. The normalized spacial score (nSPS) is 15.2. The van der Waals surface area contributed by atoms with Crippen LogP contribution in [0.3, 0.4) is 0 Å². The Morgan fingerprint density at radius 1 is 1.13 bits per heavy atom. The van der Waals surface area contributed by atoms with Crippen LogP contribution < -0.4 is 15.4 Å². The third kappa shape index (κ3) is 6.73. The molecule has 7 nitrogen and oxygen atoms in total. The first-order chi connectivity index (χ1) is 14.4. The lowest BCUT2D eigenvalue weighted by atomic mass is 10.1. The van der Waals surface area contributed by atoms with Gasteiger partial charge in [0, 0.05) is 38.7 Å². The molecule has 0 aliphatic heterocycles. The van der Waals surface area contributed by atoms with Crippen LogP contribution >= 0.6 is 0 Å². The molecule has 0 unspecified atom stereocenters.